The highest BCUT2D eigenvalue weighted by Crippen LogP contribution is 2.24. The van der Waals surface area contributed by atoms with Crippen molar-refractivity contribution in [2.24, 2.45) is 0 Å². The van der Waals surface area contributed by atoms with Crippen molar-refractivity contribution >= 4 is 21.8 Å². The molecule has 108 valence electrons. The zero-order valence-corrected chi connectivity index (χ0v) is 13.6. The van der Waals surface area contributed by atoms with Gasteiger partial charge in [-0.25, -0.2) is 0 Å². The lowest BCUT2D eigenvalue weighted by Gasteiger charge is -2.23. The number of aryl methyl sites for hydroxylation is 1. The summed E-state index contributed by atoms with van der Waals surface area (Å²) in [4.78, 5) is 13.7. The molecule has 0 aliphatic rings. The molecule has 0 fully saturated rings. The molecule has 1 atom stereocenters. The van der Waals surface area contributed by atoms with Crippen molar-refractivity contribution < 1.29 is 9.53 Å². The number of nitrogens with zero attached hydrogens (tertiary/aromatic N) is 2. The van der Waals surface area contributed by atoms with E-state index in [2.05, 4.69) is 22.0 Å². The number of nitriles is 1. The van der Waals surface area contributed by atoms with Crippen LogP contribution in [0.2, 0.25) is 0 Å². The summed E-state index contributed by atoms with van der Waals surface area (Å²) in [6.45, 7) is 1.88. The summed E-state index contributed by atoms with van der Waals surface area (Å²) in [5, 5.41) is 8.66. The molecule has 1 rings (SSSR count). The van der Waals surface area contributed by atoms with Crippen molar-refractivity contribution in [3.63, 3.8) is 0 Å². The van der Waals surface area contributed by atoms with Crippen molar-refractivity contribution in [1.29, 1.82) is 5.26 Å². The van der Waals surface area contributed by atoms with E-state index in [-0.39, 0.29) is 11.9 Å². The van der Waals surface area contributed by atoms with Crippen molar-refractivity contribution in [2.75, 3.05) is 14.2 Å². The Kier molecular flexibility index (Phi) is 6.53. The van der Waals surface area contributed by atoms with Gasteiger partial charge in [0.2, 0.25) is 5.91 Å². The van der Waals surface area contributed by atoms with Gasteiger partial charge in [0.1, 0.15) is 5.75 Å². The standard InChI is InChI=1S/C15H19BrN2O2/c1-11(8-9-17)18(2)15(19)7-4-12-10-13(16)5-6-14(12)20-3/h5-6,10-11H,4,7-8H2,1-3H3/t11-/m1/s1. The van der Waals surface area contributed by atoms with E-state index < -0.39 is 0 Å². The fourth-order valence-corrected chi connectivity index (χ4v) is 2.28. The molecule has 0 unspecified atom stereocenters. The fraction of sp³-hybridized carbons (Fsp3) is 0.467. The van der Waals surface area contributed by atoms with E-state index in [1.165, 1.54) is 0 Å². The van der Waals surface area contributed by atoms with Gasteiger partial charge in [-0.1, -0.05) is 15.9 Å². The third-order valence-corrected chi connectivity index (χ3v) is 3.79. The Morgan fingerprint density at radius 3 is 2.85 bits per heavy atom. The number of amides is 1. The molecule has 0 bridgehead atoms. The Hall–Kier alpha value is -1.54. The maximum absolute atomic E-state index is 12.1. The predicted octanol–water partition coefficient (Wildman–Crippen LogP) is 3.15. The topological polar surface area (TPSA) is 53.3 Å². The van der Waals surface area contributed by atoms with E-state index >= 15 is 0 Å². The number of methoxy groups -OCH3 is 1. The number of rotatable bonds is 6. The Labute approximate surface area is 128 Å². The molecular formula is C15H19BrN2O2. The normalized spacial score (nSPS) is 11.6. The van der Waals surface area contributed by atoms with Crippen molar-refractivity contribution in [1.82, 2.24) is 4.90 Å². The van der Waals surface area contributed by atoms with Crippen LogP contribution in [-0.2, 0) is 11.2 Å². The van der Waals surface area contributed by atoms with E-state index in [9.17, 15) is 4.79 Å². The molecule has 0 N–H and O–H groups in total. The number of hydrogen-bond acceptors (Lipinski definition) is 3. The molecule has 0 aliphatic carbocycles. The molecule has 20 heavy (non-hydrogen) atoms. The molecule has 1 amide bonds. The van der Waals surface area contributed by atoms with Crippen molar-refractivity contribution in [3.05, 3.63) is 28.2 Å². The summed E-state index contributed by atoms with van der Waals surface area (Å²) in [6.07, 6.45) is 1.37. The van der Waals surface area contributed by atoms with Gasteiger partial charge in [-0.2, -0.15) is 5.26 Å². The monoisotopic (exact) mass is 338 g/mol. The molecular weight excluding hydrogens is 320 g/mol. The number of carbonyl (C=O) groups excluding carboxylic acids is 1. The number of benzene rings is 1. The quantitative estimate of drug-likeness (QED) is 0.800. The van der Waals surface area contributed by atoms with Gasteiger partial charge in [0.05, 0.1) is 19.6 Å². The van der Waals surface area contributed by atoms with E-state index in [1.54, 1.807) is 19.1 Å². The third-order valence-electron chi connectivity index (χ3n) is 3.29. The molecule has 0 aromatic heterocycles. The second kappa shape index (κ2) is 7.91. The van der Waals surface area contributed by atoms with Crippen LogP contribution in [0.5, 0.6) is 5.75 Å². The highest BCUT2D eigenvalue weighted by molar-refractivity contribution is 9.10. The number of carbonyl (C=O) groups is 1. The van der Waals surface area contributed by atoms with E-state index in [4.69, 9.17) is 10.00 Å². The van der Waals surface area contributed by atoms with Crippen LogP contribution in [-0.4, -0.2) is 31.0 Å². The molecule has 4 nitrogen and oxygen atoms in total. The van der Waals surface area contributed by atoms with Crippen LogP contribution in [0.4, 0.5) is 0 Å². The smallest absolute Gasteiger partial charge is 0.222 e. The zero-order valence-electron chi connectivity index (χ0n) is 12.0. The first kappa shape index (κ1) is 16.5. The van der Waals surface area contributed by atoms with Gasteiger partial charge in [0, 0.05) is 24.0 Å². The molecule has 0 saturated heterocycles. The van der Waals surface area contributed by atoms with Crippen LogP contribution >= 0.6 is 15.9 Å². The van der Waals surface area contributed by atoms with Gasteiger partial charge in [0.15, 0.2) is 0 Å². The molecule has 5 heteroatoms. The van der Waals surface area contributed by atoms with Crippen molar-refractivity contribution in [2.45, 2.75) is 32.2 Å². The predicted molar refractivity (Wildman–Crippen MR) is 81.5 cm³/mol. The summed E-state index contributed by atoms with van der Waals surface area (Å²) in [5.74, 6) is 0.823. The lowest BCUT2D eigenvalue weighted by atomic mass is 10.1. The lowest BCUT2D eigenvalue weighted by Crippen LogP contribution is -2.34. The average Bonchev–Trinajstić information content (AvgIpc) is 2.44. The molecule has 1 aromatic rings. The van der Waals surface area contributed by atoms with Crippen LogP contribution in [0.1, 0.15) is 25.3 Å². The number of hydrogen-bond donors (Lipinski definition) is 0. The highest BCUT2D eigenvalue weighted by Gasteiger charge is 2.16. The van der Waals surface area contributed by atoms with Gasteiger partial charge in [0.25, 0.3) is 0 Å². The first-order chi connectivity index (χ1) is 9.49. The Morgan fingerprint density at radius 2 is 2.25 bits per heavy atom. The van der Waals surface area contributed by atoms with Crippen LogP contribution in [0, 0.1) is 11.3 Å². The lowest BCUT2D eigenvalue weighted by molar-refractivity contribution is -0.131. The molecule has 0 radical (unpaired) electrons. The number of halogens is 1. The minimum Gasteiger partial charge on any atom is -0.496 e. The third kappa shape index (κ3) is 4.53. The van der Waals surface area contributed by atoms with Crippen LogP contribution in [0.25, 0.3) is 0 Å². The molecule has 0 spiro atoms. The van der Waals surface area contributed by atoms with E-state index in [1.807, 2.05) is 25.1 Å². The maximum atomic E-state index is 12.1. The fourth-order valence-electron chi connectivity index (χ4n) is 1.88. The van der Waals surface area contributed by atoms with E-state index in [0.29, 0.717) is 19.3 Å². The van der Waals surface area contributed by atoms with Gasteiger partial charge in [-0.05, 0) is 37.1 Å². The summed E-state index contributed by atoms with van der Waals surface area (Å²) in [7, 11) is 3.36. The summed E-state index contributed by atoms with van der Waals surface area (Å²) in [6, 6.07) is 7.78. The minimum atomic E-state index is -0.0584. The average molecular weight is 339 g/mol. The SMILES string of the molecule is COc1ccc(Br)cc1CCC(=O)N(C)[C@H](C)CC#N. The maximum Gasteiger partial charge on any atom is 0.222 e. The second-order valence-electron chi connectivity index (χ2n) is 4.67. The van der Waals surface area contributed by atoms with Crippen LogP contribution < -0.4 is 4.74 Å². The van der Waals surface area contributed by atoms with Gasteiger partial charge < -0.3 is 9.64 Å². The first-order valence-corrected chi connectivity index (χ1v) is 7.24. The largest absolute Gasteiger partial charge is 0.496 e. The summed E-state index contributed by atoms with van der Waals surface area (Å²) < 4.78 is 6.26. The van der Waals surface area contributed by atoms with Crippen LogP contribution in [0.3, 0.4) is 0 Å². The van der Waals surface area contributed by atoms with Gasteiger partial charge in [-0.15, -0.1) is 0 Å². The first-order valence-electron chi connectivity index (χ1n) is 6.44. The number of ether oxygens (including phenoxy) is 1. The zero-order chi connectivity index (χ0) is 15.1. The highest BCUT2D eigenvalue weighted by atomic mass is 79.9. The van der Waals surface area contributed by atoms with E-state index in [0.717, 1.165) is 15.8 Å². The Morgan fingerprint density at radius 1 is 1.55 bits per heavy atom. The summed E-state index contributed by atoms with van der Waals surface area (Å²) in [5.41, 5.74) is 0.997. The molecule has 0 heterocycles. The second-order valence-corrected chi connectivity index (χ2v) is 5.59. The van der Waals surface area contributed by atoms with Gasteiger partial charge >= 0.3 is 0 Å². The molecule has 0 aliphatic heterocycles. The summed E-state index contributed by atoms with van der Waals surface area (Å²) >= 11 is 3.42. The Bertz CT molecular complexity index is 511. The van der Waals surface area contributed by atoms with Crippen molar-refractivity contribution in [3.8, 4) is 11.8 Å². The van der Waals surface area contributed by atoms with Crippen LogP contribution in [0.15, 0.2) is 22.7 Å². The Balaban J connectivity index is 2.65. The van der Waals surface area contributed by atoms with Gasteiger partial charge in [-0.3, -0.25) is 4.79 Å². The minimum absolute atomic E-state index is 0.0368. The molecule has 0 saturated carbocycles. The molecule has 1 aromatic carbocycles.